The second kappa shape index (κ2) is 7.68. The molecule has 0 spiro atoms. The summed E-state index contributed by atoms with van der Waals surface area (Å²) in [7, 11) is -3.65. The van der Waals surface area contributed by atoms with Gasteiger partial charge in [0.05, 0.1) is 23.0 Å². The van der Waals surface area contributed by atoms with Crippen molar-refractivity contribution in [2.75, 3.05) is 17.1 Å². The minimum Gasteiger partial charge on any atom is -0.348 e. The number of hydrogen-bond donors (Lipinski definition) is 1. The molecule has 0 saturated heterocycles. The number of sulfonamides is 1. The smallest absolute Gasteiger partial charge is 0.241 e. The highest BCUT2D eigenvalue weighted by atomic mass is 35.5. The van der Waals surface area contributed by atoms with Crippen LogP contribution in [0.3, 0.4) is 0 Å². The molecule has 1 aliphatic rings. The van der Waals surface area contributed by atoms with Crippen molar-refractivity contribution in [3.05, 3.63) is 64.7 Å². The van der Waals surface area contributed by atoms with Gasteiger partial charge < -0.3 is 5.32 Å². The lowest BCUT2D eigenvalue weighted by Crippen LogP contribution is -2.42. The summed E-state index contributed by atoms with van der Waals surface area (Å²) in [5.41, 5.74) is 2.64. The SMILES string of the molecule is CS(=O)(=O)N(CC(=O)NC1CCCc2ccccc21)c1ccccc1Cl. The number of aryl methyl sites for hydroxylation is 1. The molecule has 0 aliphatic heterocycles. The standard InChI is InChI=1S/C19H21ClN2O3S/c1-26(24,25)22(18-12-5-4-10-16(18)20)13-19(23)21-17-11-6-8-14-7-2-3-9-15(14)17/h2-5,7,9-10,12,17H,6,8,11,13H2,1H3,(H,21,23). The molecular weight excluding hydrogens is 372 g/mol. The van der Waals surface area contributed by atoms with E-state index in [1.54, 1.807) is 24.3 Å². The summed E-state index contributed by atoms with van der Waals surface area (Å²) in [6.07, 6.45) is 3.90. The summed E-state index contributed by atoms with van der Waals surface area (Å²) in [5, 5.41) is 3.26. The number of carbonyl (C=O) groups is 1. The maximum atomic E-state index is 12.6. The maximum Gasteiger partial charge on any atom is 0.241 e. The summed E-state index contributed by atoms with van der Waals surface area (Å²) in [6.45, 7) is -0.304. The minimum atomic E-state index is -3.65. The van der Waals surface area contributed by atoms with Gasteiger partial charge in [-0.05, 0) is 42.5 Å². The second-order valence-electron chi connectivity index (χ2n) is 6.43. The van der Waals surface area contributed by atoms with Crippen molar-refractivity contribution < 1.29 is 13.2 Å². The zero-order valence-electron chi connectivity index (χ0n) is 14.5. The molecule has 1 N–H and O–H groups in total. The second-order valence-corrected chi connectivity index (χ2v) is 8.75. The Morgan fingerprint density at radius 3 is 2.62 bits per heavy atom. The lowest BCUT2D eigenvalue weighted by atomic mass is 9.88. The number of fused-ring (bicyclic) bond motifs is 1. The topological polar surface area (TPSA) is 66.5 Å². The Morgan fingerprint density at radius 1 is 1.19 bits per heavy atom. The fourth-order valence-corrected chi connectivity index (χ4v) is 4.47. The van der Waals surface area contributed by atoms with Gasteiger partial charge in [-0.15, -0.1) is 0 Å². The van der Waals surface area contributed by atoms with Crippen LogP contribution >= 0.6 is 11.6 Å². The maximum absolute atomic E-state index is 12.6. The van der Waals surface area contributed by atoms with Crippen molar-refractivity contribution in [1.29, 1.82) is 0 Å². The van der Waals surface area contributed by atoms with E-state index in [4.69, 9.17) is 11.6 Å². The molecule has 1 atom stereocenters. The molecule has 0 saturated carbocycles. The molecule has 7 heteroatoms. The van der Waals surface area contributed by atoms with Crippen LogP contribution in [0.25, 0.3) is 0 Å². The van der Waals surface area contributed by atoms with Crippen molar-refractivity contribution in [1.82, 2.24) is 5.32 Å². The van der Waals surface area contributed by atoms with E-state index in [1.807, 2.05) is 18.2 Å². The zero-order valence-corrected chi connectivity index (χ0v) is 16.1. The van der Waals surface area contributed by atoms with Gasteiger partial charge in [0.1, 0.15) is 6.54 Å². The average molecular weight is 393 g/mol. The van der Waals surface area contributed by atoms with E-state index in [0.29, 0.717) is 5.69 Å². The first-order valence-corrected chi connectivity index (χ1v) is 10.7. The van der Waals surface area contributed by atoms with Gasteiger partial charge in [0.2, 0.25) is 15.9 Å². The molecule has 0 fully saturated rings. The number of hydrogen-bond acceptors (Lipinski definition) is 3. The van der Waals surface area contributed by atoms with Crippen LogP contribution in [0.1, 0.15) is 30.0 Å². The quantitative estimate of drug-likeness (QED) is 0.848. The summed E-state index contributed by atoms with van der Waals surface area (Å²) >= 11 is 6.13. The van der Waals surface area contributed by atoms with Crippen LogP contribution in [0.5, 0.6) is 0 Å². The number of para-hydroxylation sites is 1. The number of amides is 1. The van der Waals surface area contributed by atoms with Crippen LogP contribution < -0.4 is 9.62 Å². The Labute approximate surface area is 159 Å². The van der Waals surface area contributed by atoms with Crippen molar-refractivity contribution in [3.63, 3.8) is 0 Å². The van der Waals surface area contributed by atoms with Crippen LogP contribution in [0.2, 0.25) is 5.02 Å². The summed E-state index contributed by atoms with van der Waals surface area (Å²) in [4.78, 5) is 12.6. The van der Waals surface area contributed by atoms with Crippen LogP contribution in [0.4, 0.5) is 5.69 Å². The third-order valence-electron chi connectivity index (χ3n) is 4.51. The van der Waals surface area contributed by atoms with Crippen LogP contribution in [-0.2, 0) is 21.2 Å². The first-order chi connectivity index (χ1) is 12.4. The van der Waals surface area contributed by atoms with Crippen LogP contribution in [0.15, 0.2) is 48.5 Å². The first kappa shape index (κ1) is 18.7. The number of carbonyl (C=O) groups excluding carboxylic acids is 1. The first-order valence-electron chi connectivity index (χ1n) is 8.45. The predicted octanol–water partition coefficient (Wildman–Crippen LogP) is 3.30. The molecular formula is C19H21ClN2O3S. The summed E-state index contributed by atoms with van der Waals surface area (Å²) < 4.78 is 25.4. The van der Waals surface area contributed by atoms with E-state index in [9.17, 15) is 13.2 Å². The van der Waals surface area contributed by atoms with E-state index in [1.165, 1.54) is 5.56 Å². The minimum absolute atomic E-state index is 0.0971. The molecule has 0 heterocycles. The molecule has 3 rings (SSSR count). The van der Waals surface area contributed by atoms with Gasteiger partial charge in [-0.2, -0.15) is 0 Å². The van der Waals surface area contributed by atoms with E-state index in [-0.39, 0.29) is 23.5 Å². The Hall–Kier alpha value is -2.05. The third-order valence-corrected chi connectivity index (χ3v) is 5.96. The van der Waals surface area contributed by atoms with Gasteiger partial charge >= 0.3 is 0 Å². The number of nitrogens with one attached hydrogen (secondary N) is 1. The van der Waals surface area contributed by atoms with Crippen LogP contribution in [0, 0.1) is 0 Å². The molecule has 0 aromatic heterocycles. The van der Waals surface area contributed by atoms with E-state index < -0.39 is 10.0 Å². The zero-order chi connectivity index (χ0) is 18.7. The van der Waals surface area contributed by atoms with Crippen molar-refractivity contribution in [2.45, 2.75) is 25.3 Å². The third kappa shape index (κ3) is 4.19. The molecule has 0 bridgehead atoms. The molecule has 1 amide bonds. The van der Waals surface area contributed by atoms with Gasteiger partial charge in [0.25, 0.3) is 0 Å². The lowest BCUT2D eigenvalue weighted by Gasteiger charge is -2.28. The van der Waals surface area contributed by atoms with Gasteiger partial charge in [-0.1, -0.05) is 48.0 Å². The largest absolute Gasteiger partial charge is 0.348 e. The highest BCUT2D eigenvalue weighted by Gasteiger charge is 2.26. The monoisotopic (exact) mass is 392 g/mol. The molecule has 5 nitrogen and oxygen atoms in total. The highest BCUT2D eigenvalue weighted by Crippen LogP contribution is 2.30. The van der Waals surface area contributed by atoms with Crippen molar-refractivity contribution in [3.8, 4) is 0 Å². The van der Waals surface area contributed by atoms with E-state index in [2.05, 4.69) is 11.4 Å². The molecule has 1 aliphatic carbocycles. The summed E-state index contributed by atoms with van der Waals surface area (Å²) in [6, 6.07) is 14.5. The van der Waals surface area contributed by atoms with Gasteiger partial charge in [-0.25, -0.2) is 8.42 Å². The van der Waals surface area contributed by atoms with Gasteiger partial charge in [0.15, 0.2) is 0 Å². The Balaban J connectivity index is 1.79. The highest BCUT2D eigenvalue weighted by molar-refractivity contribution is 7.92. The lowest BCUT2D eigenvalue weighted by molar-refractivity contribution is -0.120. The molecule has 2 aromatic rings. The fourth-order valence-electron chi connectivity index (χ4n) is 3.31. The number of nitrogens with zero attached hydrogens (tertiary/aromatic N) is 1. The normalized spacial score (nSPS) is 16.6. The molecule has 0 radical (unpaired) electrons. The molecule has 26 heavy (non-hydrogen) atoms. The van der Waals surface area contributed by atoms with Gasteiger partial charge in [-0.3, -0.25) is 9.10 Å². The summed E-state index contributed by atoms with van der Waals surface area (Å²) in [5.74, 6) is -0.350. The molecule has 138 valence electrons. The number of benzene rings is 2. The number of rotatable bonds is 5. The number of halogens is 1. The average Bonchev–Trinajstić information content (AvgIpc) is 2.60. The number of anilines is 1. The molecule has 2 aromatic carbocycles. The molecule has 1 unspecified atom stereocenters. The predicted molar refractivity (Wildman–Crippen MR) is 104 cm³/mol. The van der Waals surface area contributed by atoms with Gasteiger partial charge in [0, 0.05) is 0 Å². The van der Waals surface area contributed by atoms with E-state index in [0.717, 1.165) is 35.4 Å². The Kier molecular flexibility index (Phi) is 5.53. The Morgan fingerprint density at radius 2 is 1.88 bits per heavy atom. The Bertz CT molecular complexity index is 915. The fraction of sp³-hybridized carbons (Fsp3) is 0.316. The van der Waals surface area contributed by atoms with Crippen molar-refractivity contribution in [2.24, 2.45) is 0 Å². The van der Waals surface area contributed by atoms with E-state index >= 15 is 0 Å². The van der Waals surface area contributed by atoms with Crippen molar-refractivity contribution >= 4 is 33.2 Å². The van der Waals surface area contributed by atoms with Crippen LogP contribution in [-0.4, -0.2) is 27.1 Å².